The van der Waals surface area contributed by atoms with E-state index in [2.05, 4.69) is 72.8 Å². The van der Waals surface area contributed by atoms with Gasteiger partial charge in [-0.1, -0.05) is 63.2 Å². The van der Waals surface area contributed by atoms with Gasteiger partial charge in [0.2, 0.25) is 0 Å². The molecule has 0 radical (unpaired) electrons. The molecule has 3 aromatic rings. The van der Waals surface area contributed by atoms with Gasteiger partial charge in [0.1, 0.15) is 11.6 Å². The largest absolute Gasteiger partial charge is 0.382 e. The van der Waals surface area contributed by atoms with E-state index in [1.165, 1.54) is 55.5 Å². The Balaban J connectivity index is 0.000000463. The summed E-state index contributed by atoms with van der Waals surface area (Å²) in [5.74, 6) is 2.94. The molecule has 0 spiro atoms. The molecule has 4 nitrogen and oxygen atoms in total. The number of anilines is 2. The molecule has 0 aromatic heterocycles. The third kappa shape index (κ3) is 7.87. The van der Waals surface area contributed by atoms with Gasteiger partial charge in [-0.05, 0) is 106 Å². The fourth-order valence-electron chi connectivity index (χ4n) is 6.21. The quantitative estimate of drug-likeness (QED) is 0.235. The van der Waals surface area contributed by atoms with Crippen LogP contribution in [-0.2, 0) is 0 Å². The molecule has 43 heavy (non-hydrogen) atoms. The molecule has 1 heterocycles. The molecule has 5 heteroatoms. The first-order valence-electron chi connectivity index (χ1n) is 16.3. The third-order valence-corrected chi connectivity index (χ3v) is 9.48. The van der Waals surface area contributed by atoms with Crippen molar-refractivity contribution in [1.82, 2.24) is 4.90 Å². The number of hydrogen-bond donors (Lipinski definition) is 2. The van der Waals surface area contributed by atoms with Crippen molar-refractivity contribution in [2.45, 2.75) is 84.7 Å². The van der Waals surface area contributed by atoms with E-state index < -0.39 is 0 Å². The van der Waals surface area contributed by atoms with Crippen molar-refractivity contribution in [2.75, 3.05) is 23.3 Å². The zero-order chi connectivity index (χ0) is 30.5. The number of rotatable bonds is 10. The van der Waals surface area contributed by atoms with E-state index in [0.29, 0.717) is 23.4 Å². The number of hydrogen-bond acceptors (Lipinski definition) is 4. The van der Waals surface area contributed by atoms with Crippen LogP contribution < -0.4 is 10.2 Å². The Morgan fingerprint density at radius 3 is 2.26 bits per heavy atom. The van der Waals surface area contributed by atoms with Crippen molar-refractivity contribution in [1.29, 1.82) is 5.41 Å². The van der Waals surface area contributed by atoms with E-state index in [1.807, 2.05) is 19.1 Å². The molecule has 3 fully saturated rings. The van der Waals surface area contributed by atoms with Gasteiger partial charge in [-0.15, -0.1) is 0 Å². The minimum Gasteiger partial charge on any atom is -0.382 e. The van der Waals surface area contributed by atoms with Crippen molar-refractivity contribution < 1.29 is 4.39 Å². The van der Waals surface area contributed by atoms with Crippen LogP contribution >= 0.6 is 0 Å². The van der Waals surface area contributed by atoms with Gasteiger partial charge in [0.05, 0.1) is 5.71 Å². The lowest BCUT2D eigenvalue weighted by Gasteiger charge is -2.40. The number of para-hydroxylation sites is 1. The fraction of sp³-hybridized carbons (Fsp3) is 0.447. The zero-order valence-electron chi connectivity index (χ0n) is 26.5. The Hall–Kier alpha value is -3.60. The number of aryl methyl sites for hydroxylation is 2. The molecule has 3 aliphatic rings. The van der Waals surface area contributed by atoms with Crippen LogP contribution in [-0.4, -0.2) is 35.8 Å². The Kier molecular flexibility index (Phi) is 9.90. The number of benzene rings is 3. The van der Waals surface area contributed by atoms with E-state index >= 15 is 0 Å². The maximum Gasteiger partial charge on any atom is 0.123 e. The molecule has 1 unspecified atom stereocenters. The van der Waals surface area contributed by atoms with Crippen molar-refractivity contribution in [2.24, 2.45) is 11.8 Å². The van der Waals surface area contributed by atoms with Crippen LogP contribution in [0.3, 0.4) is 0 Å². The van der Waals surface area contributed by atoms with E-state index in [-0.39, 0.29) is 5.82 Å². The highest BCUT2D eigenvalue weighted by molar-refractivity contribution is 6.11. The number of nitrogens with zero attached hydrogens (tertiary/aromatic N) is 2. The predicted octanol–water partition coefficient (Wildman–Crippen LogP) is 9.32. The lowest BCUT2D eigenvalue weighted by molar-refractivity contribution is 0.265. The Morgan fingerprint density at radius 2 is 1.67 bits per heavy atom. The lowest BCUT2D eigenvalue weighted by atomic mass is 9.97. The first-order chi connectivity index (χ1) is 20.7. The predicted molar refractivity (Wildman–Crippen MR) is 180 cm³/mol. The number of halogens is 1. The average Bonchev–Trinajstić information content (AvgIpc) is 3.93. The minimum absolute atomic E-state index is 0.318. The lowest BCUT2D eigenvalue weighted by Crippen LogP contribution is -2.43. The highest BCUT2D eigenvalue weighted by Crippen LogP contribution is 2.38. The highest BCUT2D eigenvalue weighted by Gasteiger charge is 2.34. The van der Waals surface area contributed by atoms with Crippen LogP contribution in [0.15, 0.2) is 79.1 Å². The summed E-state index contributed by atoms with van der Waals surface area (Å²) in [6.07, 6.45) is 8.96. The summed E-state index contributed by atoms with van der Waals surface area (Å²) in [6.45, 7) is 15.3. The number of piperidine rings is 1. The van der Waals surface area contributed by atoms with E-state index in [4.69, 9.17) is 5.41 Å². The maximum atomic E-state index is 13.6. The molecule has 2 saturated carbocycles. The van der Waals surface area contributed by atoms with Gasteiger partial charge in [-0.3, -0.25) is 5.41 Å². The molecule has 228 valence electrons. The van der Waals surface area contributed by atoms with Gasteiger partial charge >= 0.3 is 0 Å². The summed E-state index contributed by atoms with van der Waals surface area (Å²) in [5.41, 5.74) is 6.43. The molecule has 1 atom stereocenters. The van der Waals surface area contributed by atoms with Gasteiger partial charge in [0, 0.05) is 47.7 Å². The van der Waals surface area contributed by atoms with Crippen LogP contribution in [0.2, 0.25) is 0 Å². The summed E-state index contributed by atoms with van der Waals surface area (Å²) in [7, 11) is 0. The second-order valence-electron chi connectivity index (χ2n) is 12.8. The standard InChI is InChI=1S/C31H35FN4.C7H14/c1-21-7-4-5-10-30(21)36(28-12-13-28)23(3)35-17-15-26(16-18-35)34-27-11-14-29(22(2)19-27)31(33)24-8-6-9-25(32)20-24;1-3-6(2)7-4-5-7/h4-11,14,19-20,26,28,33-34H,3,12-13,15-18H2,1-2H3;6-7H,3-5H2,1-2H3. The monoisotopic (exact) mass is 580 g/mol. The van der Waals surface area contributed by atoms with Crippen LogP contribution in [0.5, 0.6) is 0 Å². The third-order valence-electron chi connectivity index (χ3n) is 9.48. The van der Waals surface area contributed by atoms with E-state index in [1.54, 1.807) is 12.1 Å². The molecule has 1 saturated heterocycles. The highest BCUT2D eigenvalue weighted by atomic mass is 19.1. The van der Waals surface area contributed by atoms with Crippen molar-refractivity contribution in [3.63, 3.8) is 0 Å². The Bertz CT molecular complexity index is 1410. The molecule has 0 amide bonds. The molecular formula is C38H49FN4. The van der Waals surface area contributed by atoms with Crippen molar-refractivity contribution in [3.8, 4) is 0 Å². The molecule has 1 aliphatic heterocycles. The molecule has 3 aromatic carbocycles. The van der Waals surface area contributed by atoms with Gasteiger partial charge in [0.15, 0.2) is 0 Å². The fourth-order valence-corrected chi connectivity index (χ4v) is 6.21. The number of nitrogens with one attached hydrogen (secondary N) is 2. The Labute approximate surface area is 258 Å². The second-order valence-corrected chi connectivity index (χ2v) is 12.8. The minimum atomic E-state index is -0.318. The van der Waals surface area contributed by atoms with Crippen LogP contribution in [0, 0.1) is 36.9 Å². The average molecular weight is 581 g/mol. The molecule has 6 rings (SSSR count). The van der Waals surface area contributed by atoms with Gasteiger partial charge in [0.25, 0.3) is 0 Å². The normalized spacial score (nSPS) is 17.5. The molecular weight excluding hydrogens is 531 g/mol. The summed E-state index contributed by atoms with van der Waals surface area (Å²) >= 11 is 0. The Morgan fingerprint density at radius 1 is 0.953 bits per heavy atom. The van der Waals surface area contributed by atoms with Crippen LogP contribution in [0.4, 0.5) is 15.8 Å². The summed E-state index contributed by atoms with van der Waals surface area (Å²) in [6, 6.07) is 21.9. The molecule has 2 N–H and O–H groups in total. The SMILES string of the molecule is C=C(N1CCC(Nc2ccc(C(=N)c3cccc(F)c3)c(C)c2)CC1)N(c1ccccc1C)C1CC1.CCC(C)C1CC1. The van der Waals surface area contributed by atoms with Crippen molar-refractivity contribution in [3.05, 3.63) is 107 Å². The molecule has 0 bridgehead atoms. The van der Waals surface area contributed by atoms with Gasteiger partial charge < -0.3 is 15.1 Å². The van der Waals surface area contributed by atoms with E-state index in [9.17, 15) is 4.39 Å². The van der Waals surface area contributed by atoms with Crippen molar-refractivity contribution >= 4 is 17.1 Å². The summed E-state index contributed by atoms with van der Waals surface area (Å²) in [4.78, 5) is 4.90. The smallest absolute Gasteiger partial charge is 0.123 e. The maximum absolute atomic E-state index is 13.6. The first kappa shape index (κ1) is 30.8. The molecule has 2 aliphatic carbocycles. The van der Waals surface area contributed by atoms with Gasteiger partial charge in [-0.2, -0.15) is 0 Å². The second kappa shape index (κ2) is 13.8. The topological polar surface area (TPSA) is 42.4 Å². The number of likely N-dealkylation sites (tertiary alicyclic amines) is 1. The summed E-state index contributed by atoms with van der Waals surface area (Å²) < 4.78 is 13.6. The van der Waals surface area contributed by atoms with E-state index in [0.717, 1.165) is 60.4 Å². The van der Waals surface area contributed by atoms with Crippen LogP contribution in [0.25, 0.3) is 0 Å². The zero-order valence-corrected chi connectivity index (χ0v) is 26.5. The van der Waals surface area contributed by atoms with Gasteiger partial charge in [-0.25, -0.2) is 4.39 Å². The summed E-state index contributed by atoms with van der Waals surface area (Å²) in [5, 5.41) is 12.2. The first-order valence-corrected chi connectivity index (χ1v) is 16.3. The van der Waals surface area contributed by atoms with Crippen LogP contribution in [0.1, 0.15) is 81.0 Å².